The summed E-state index contributed by atoms with van der Waals surface area (Å²) in [5.41, 5.74) is 1.01. The van der Waals surface area contributed by atoms with Crippen molar-refractivity contribution < 1.29 is 28.6 Å². The number of benzene rings is 3. The Balaban J connectivity index is 1.82. The van der Waals surface area contributed by atoms with Crippen LogP contribution in [-0.2, 0) is 9.59 Å². The molecular weight excluding hydrogens is 415 g/mol. The molecule has 0 spiro atoms. The van der Waals surface area contributed by atoms with Crippen molar-refractivity contribution in [3.8, 4) is 11.5 Å². The Morgan fingerprint density at radius 1 is 1.06 bits per heavy atom. The topological polar surface area (TPSA) is 87.2 Å². The first-order chi connectivity index (χ1) is 15.3. The summed E-state index contributed by atoms with van der Waals surface area (Å²) in [7, 11) is 2.84. The largest absolute Gasteiger partial charge is 0.508 e. The molecular formula is C24H19FN2O5. The molecule has 1 unspecified atom stereocenters. The van der Waals surface area contributed by atoms with E-state index in [1.807, 2.05) is 0 Å². The fourth-order valence-electron chi connectivity index (χ4n) is 3.64. The number of phenolic OH excluding ortho intramolecular Hbond substituents is 1. The number of anilines is 3. The molecule has 0 aromatic heterocycles. The zero-order valence-electron chi connectivity index (χ0n) is 17.3. The molecule has 3 aromatic carbocycles. The molecule has 1 atom stereocenters. The number of methoxy groups -OCH3 is 1. The lowest BCUT2D eigenvalue weighted by molar-refractivity contribution is -0.129. The molecule has 3 aromatic rings. The summed E-state index contributed by atoms with van der Waals surface area (Å²) in [5, 5.41) is 9.63. The summed E-state index contributed by atoms with van der Waals surface area (Å²) >= 11 is 0. The van der Waals surface area contributed by atoms with Gasteiger partial charge >= 0.3 is 0 Å². The lowest BCUT2D eigenvalue weighted by Crippen LogP contribution is -2.50. The summed E-state index contributed by atoms with van der Waals surface area (Å²) in [6, 6.07) is 15.7. The number of amides is 2. The third-order valence-corrected chi connectivity index (χ3v) is 5.32. The normalized spacial score (nSPS) is 15.3. The molecule has 1 aliphatic rings. The van der Waals surface area contributed by atoms with Gasteiger partial charge in [-0.25, -0.2) is 4.39 Å². The Hall–Kier alpha value is -4.20. The van der Waals surface area contributed by atoms with E-state index >= 15 is 0 Å². The van der Waals surface area contributed by atoms with Crippen molar-refractivity contribution >= 4 is 34.7 Å². The first-order valence-corrected chi connectivity index (χ1v) is 9.70. The molecule has 0 fully saturated rings. The molecule has 0 aliphatic carbocycles. The van der Waals surface area contributed by atoms with Gasteiger partial charge in [0.25, 0.3) is 5.91 Å². The number of rotatable bonds is 4. The Bertz CT molecular complexity index is 1230. The van der Waals surface area contributed by atoms with Crippen LogP contribution in [0.25, 0.3) is 0 Å². The fourth-order valence-corrected chi connectivity index (χ4v) is 3.64. The minimum Gasteiger partial charge on any atom is -0.508 e. The van der Waals surface area contributed by atoms with Crippen LogP contribution in [-0.4, -0.2) is 36.9 Å². The van der Waals surface area contributed by atoms with Gasteiger partial charge in [-0.05, 0) is 54.6 Å². The zero-order chi connectivity index (χ0) is 23.0. The predicted molar refractivity (Wildman–Crippen MR) is 116 cm³/mol. The lowest BCUT2D eigenvalue weighted by atomic mass is 9.88. The Morgan fingerprint density at radius 2 is 1.78 bits per heavy atom. The number of ether oxygens (including phenoxy) is 1. The smallest absolute Gasteiger partial charge is 0.252 e. The molecule has 0 radical (unpaired) electrons. The van der Waals surface area contributed by atoms with Gasteiger partial charge in [-0.1, -0.05) is 6.07 Å². The van der Waals surface area contributed by atoms with Crippen molar-refractivity contribution in [2.75, 3.05) is 24.0 Å². The molecule has 4 rings (SSSR count). The average Bonchev–Trinajstić information content (AvgIpc) is 2.79. The predicted octanol–water partition coefficient (Wildman–Crippen LogP) is 3.68. The second-order valence-electron chi connectivity index (χ2n) is 7.25. The second-order valence-corrected chi connectivity index (χ2v) is 7.25. The van der Waals surface area contributed by atoms with Gasteiger partial charge < -0.3 is 14.7 Å². The van der Waals surface area contributed by atoms with Crippen LogP contribution in [0, 0.1) is 11.7 Å². The number of ketones is 1. The number of carbonyl (C=O) groups excluding carboxylic acids is 3. The molecule has 32 heavy (non-hydrogen) atoms. The molecule has 7 nitrogen and oxygen atoms in total. The van der Waals surface area contributed by atoms with E-state index in [2.05, 4.69) is 0 Å². The van der Waals surface area contributed by atoms with E-state index in [9.17, 15) is 23.9 Å². The molecule has 1 heterocycles. The number of carbonyl (C=O) groups is 3. The van der Waals surface area contributed by atoms with Crippen LogP contribution in [0.5, 0.6) is 11.5 Å². The van der Waals surface area contributed by atoms with Gasteiger partial charge in [0, 0.05) is 30.1 Å². The van der Waals surface area contributed by atoms with E-state index in [1.54, 1.807) is 6.07 Å². The van der Waals surface area contributed by atoms with Crippen LogP contribution in [0.4, 0.5) is 21.5 Å². The highest BCUT2D eigenvalue weighted by Gasteiger charge is 2.46. The van der Waals surface area contributed by atoms with E-state index in [-0.39, 0.29) is 22.7 Å². The van der Waals surface area contributed by atoms with Crippen molar-refractivity contribution in [1.29, 1.82) is 0 Å². The van der Waals surface area contributed by atoms with Crippen molar-refractivity contribution in [2.24, 2.45) is 5.92 Å². The van der Waals surface area contributed by atoms with Crippen LogP contribution < -0.4 is 14.5 Å². The van der Waals surface area contributed by atoms with Crippen LogP contribution in [0.15, 0.2) is 66.7 Å². The van der Waals surface area contributed by atoms with E-state index < -0.39 is 29.3 Å². The molecule has 0 bridgehead atoms. The van der Waals surface area contributed by atoms with Crippen LogP contribution in [0.2, 0.25) is 0 Å². The number of fused-ring (bicyclic) bond motifs is 1. The third kappa shape index (κ3) is 3.56. The Morgan fingerprint density at radius 3 is 2.44 bits per heavy atom. The molecule has 8 heteroatoms. The summed E-state index contributed by atoms with van der Waals surface area (Å²) in [6.07, 6.45) is 0. The Kier molecular flexibility index (Phi) is 5.36. The van der Waals surface area contributed by atoms with E-state index in [0.717, 1.165) is 11.0 Å². The summed E-state index contributed by atoms with van der Waals surface area (Å²) in [4.78, 5) is 42.4. The quantitative estimate of drug-likeness (QED) is 0.633. The number of halogens is 1. The maximum Gasteiger partial charge on any atom is 0.252 e. The number of hydrogen-bond acceptors (Lipinski definition) is 5. The van der Waals surface area contributed by atoms with Gasteiger partial charge in [0.15, 0.2) is 11.7 Å². The number of phenols is 1. The Labute approximate surface area is 183 Å². The molecule has 1 aliphatic heterocycles. The van der Waals surface area contributed by atoms with E-state index in [0.29, 0.717) is 11.4 Å². The van der Waals surface area contributed by atoms with Crippen molar-refractivity contribution in [3.05, 3.63) is 78.1 Å². The third-order valence-electron chi connectivity index (χ3n) is 5.32. The number of hydrogen-bond donors (Lipinski definition) is 1. The first-order valence-electron chi connectivity index (χ1n) is 9.70. The number of nitrogens with zero attached hydrogens (tertiary/aromatic N) is 2. The SMILES string of the molecule is COc1ccc2c(c1)N(c1ccc(O)cc1)C(=O)C(C(=O)N(C)c1cccc(F)c1)C2=O. The van der Waals surface area contributed by atoms with Crippen molar-refractivity contribution in [3.63, 3.8) is 0 Å². The van der Waals surface area contributed by atoms with Gasteiger partial charge in [-0.15, -0.1) is 0 Å². The average molecular weight is 434 g/mol. The molecule has 0 saturated heterocycles. The minimum absolute atomic E-state index is 0.00128. The maximum atomic E-state index is 13.7. The standard InChI is InChI=1S/C24H19FN2O5/c1-26(16-5-3-4-14(25)12-16)23(30)21-22(29)19-11-10-18(32-2)13-20(19)27(24(21)31)15-6-8-17(28)9-7-15/h3-13,21,28H,1-2H3. The van der Waals surface area contributed by atoms with Gasteiger partial charge in [0.05, 0.1) is 12.8 Å². The molecule has 0 saturated carbocycles. The molecule has 162 valence electrons. The summed E-state index contributed by atoms with van der Waals surface area (Å²) < 4.78 is 18.9. The second kappa shape index (κ2) is 8.14. The van der Waals surface area contributed by atoms with E-state index in [1.165, 1.54) is 73.7 Å². The molecule has 1 N–H and O–H groups in total. The minimum atomic E-state index is -1.65. The number of aromatic hydroxyl groups is 1. The first kappa shape index (κ1) is 21.0. The van der Waals surface area contributed by atoms with Crippen LogP contribution in [0.1, 0.15) is 10.4 Å². The van der Waals surface area contributed by atoms with E-state index in [4.69, 9.17) is 4.74 Å². The van der Waals surface area contributed by atoms with Gasteiger partial charge in [-0.3, -0.25) is 19.3 Å². The summed E-state index contributed by atoms with van der Waals surface area (Å²) in [6.45, 7) is 0. The highest BCUT2D eigenvalue weighted by molar-refractivity contribution is 6.34. The fraction of sp³-hybridized carbons (Fsp3) is 0.125. The van der Waals surface area contributed by atoms with Gasteiger partial charge in [0.2, 0.25) is 5.91 Å². The summed E-state index contributed by atoms with van der Waals surface area (Å²) in [5.74, 6) is -3.97. The van der Waals surface area contributed by atoms with Gasteiger partial charge in [-0.2, -0.15) is 0 Å². The van der Waals surface area contributed by atoms with Crippen LogP contribution >= 0.6 is 0 Å². The highest BCUT2D eigenvalue weighted by atomic mass is 19.1. The maximum absolute atomic E-state index is 13.7. The highest BCUT2D eigenvalue weighted by Crippen LogP contribution is 2.39. The zero-order valence-corrected chi connectivity index (χ0v) is 17.3. The number of Topliss-reactive ketones (excluding diaryl/α,β-unsaturated/α-hetero) is 1. The van der Waals surface area contributed by atoms with Crippen LogP contribution in [0.3, 0.4) is 0 Å². The van der Waals surface area contributed by atoms with Gasteiger partial charge in [0.1, 0.15) is 17.3 Å². The van der Waals surface area contributed by atoms with Crippen molar-refractivity contribution in [2.45, 2.75) is 0 Å². The molecule has 2 amide bonds. The lowest BCUT2D eigenvalue weighted by Gasteiger charge is -2.34. The van der Waals surface area contributed by atoms with Crippen molar-refractivity contribution in [1.82, 2.24) is 0 Å². The monoisotopic (exact) mass is 434 g/mol.